The van der Waals surface area contributed by atoms with E-state index in [0.29, 0.717) is 24.3 Å². The number of hydrogen-bond acceptors (Lipinski definition) is 2. The quantitative estimate of drug-likeness (QED) is 0.770. The molecule has 0 aromatic heterocycles. The zero-order valence-electron chi connectivity index (χ0n) is 10.4. The predicted molar refractivity (Wildman–Crippen MR) is 71.6 cm³/mol. The largest absolute Gasteiger partial charge is 0.497 e. The number of ether oxygens (including phenoxy) is 1. The molecule has 1 amide bonds. The van der Waals surface area contributed by atoms with Crippen molar-refractivity contribution < 1.29 is 9.53 Å². The van der Waals surface area contributed by atoms with Crippen LogP contribution in [0.2, 0.25) is 0 Å². The van der Waals surface area contributed by atoms with Crippen molar-refractivity contribution in [2.24, 2.45) is 0 Å². The second-order valence-corrected chi connectivity index (χ2v) is 5.28. The summed E-state index contributed by atoms with van der Waals surface area (Å²) in [5.41, 5.74) is 2.18. The fraction of sp³-hybridized carbons (Fsp3) is 0.500. The Kier molecular flexibility index (Phi) is 2.94. The number of anilines is 1. The van der Waals surface area contributed by atoms with E-state index >= 15 is 0 Å². The van der Waals surface area contributed by atoms with Crippen LogP contribution >= 0.6 is 11.6 Å². The monoisotopic (exact) mass is 265 g/mol. The number of benzene rings is 1. The third-order valence-electron chi connectivity index (χ3n) is 4.00. The van der Waals surface area contributed by atoms with E-state index in [1.807, 2.05) is 23.1 Å². The molecular weight excluding hydrogens is 250 g/mol. The lowest BCUT2D eigenvalue weighted by atomic mass is 9.87. The van der Waals surface area contributed by atoms with Crippen molar-refractivity contribution in [1.29, 1.82) is 0 Å². The van der Waals surface area contributed by atoms with Gasteiger partial charge in [-0.3, -0.25) is 4.79 Å². The van der Waals surface area contributed by atoms with Crippen LogP contribution in [0.3, 0.4) is 0 Å². The Morgan fingerprint density at radius 2 is 2.33 bits per heavy atom. The van der Waals surface area contributed by atoms with Gasteiger partial charge < -0.3 is 9.64 Å². The summed E-state index contributed by atoms with van der Waals surface area (Å²) in [6.45, 7) is 0. The zero-order valence-corrected chi connectivity index (χ0v) is 11.1. The number of nitrogens with zero attached hydrogens (tertiary/aromatic N) is 1. The first-order valence-electron chi connectivity index (χ1n) is 6.30. The lowest BCUT2D eigenvalue weighted by Crippen LogP contribution is -2.38. The molecule has 2 aliphatic rings. The lowest BCUT2D eigenvalue weighted by molar-refractivity contribution is -0.117. The van der Waals surface area contributed by atoms with E-state index in [2.05, 4.69) is 0 Å². The van der Waals surface area contributed by atoms with E-state index in [4.69, 9.17) is 16.3 Å². The van der Waals surface area contributed by atoms with Gasteiger partial charge in [0.05, 0.1) is 7.11 Å². The summed E-state index contributed by atoms with van der Waals surface area (Å²) >= 11 is 6.09. The van der Waals surface area contributed by atoms with Crippen LogP contribution < -0.4 is 9.64 Å². The lowest BCUT2D eigenvalue weighted by Gasteiger charge is -2.36. The van der Waals surface area contributed by atoms with Crippen LogP contribution in [0.25, 0.3) is 0 Å². The molecule has 0 radical (unpaired) electrons. The molecule has 0 aliphatic carbocycles. The maximum absolute atomic E-state index is 12.0. The maximum Gasteiger partial charge on any atom is 0.227 e. The Morgan fingerprint density at radius 3 is 3.06 bits per heavy atom. The summed E-state index contributed by atoms with van der Waals surface area (Å²) in [6.07, 6.45) is 2.58. The number of methoxy groups -OCH3 is 1. The van der Waals surface area contributed by atoms with Crippen LogP contribution in [-0.2, 0) is 4.79 Å². The minimum Gasteiger partial charge on any atom is -0.497 e. The molecule has 2 aliphatic heterocycles. The Labute approximate surface area is 112 Å². The Bertz CT molecular complexity index is 489. The molecule has 1 saturated heterocycles. The summed E-state index contributed by atoms with van der Waals surface area (Å²) in [5, 5.41) is 0. The zero-order chi connectivity index (χ0) is 12.7. The van der Waals surface area contributed by atoms with Gasteiger partial charge in [-0.1, -0.05) is 0 Å². The number of halogens is 1. The fourth-order valence-electron chi connectivity index (χ4n) is 3.11. The van der Waals surface area contributed by atoms with Crippen molar-refractivity contribution >= 4 is 23.2 Å². The van der Waals surface area contributed by atoms with Gasteiger partial charge in [0.25, 0.3) is 0 Å². The molecule has 0 N–H and O–H groups in total. The van der Waals surface area contributed by atoms with E-state index < -0.39 is 0 Å². The molecule has 96 valence electrons. The first kappa shape index (κ1) is 11.8. The highest BCUT2D eigenvalue weighted by Crippen LogP contribution is 2.44. The highest BCUT2D eigenvalue weighted by molar-refractivity contribution is 6.18. The van der Waals surface area contributed by atoms with Crippen molar-refractivity contribution in [3.8, 4) is 5.75 Å². The number of carbonyl (C=O) groups excluding carboxylic acids is 1. The van der Waals surface area contributed by atoms with E-state index in [1.165, 1.54) is 0 Å². The topological polar surface area (TPSA) is 29.5 Å². The molecule has 2 atom stereocenters. The molecule has 0 unspecified atom stereocenters. The molecule has 3 nitrogen and oxygen atoms in total. The van der Waals surface area contributed by atoms with Gasteiger partial charge >= 0.3 is 0 Å². The van der Waals surface area contributed by atoms with Gasteiger partial charge in [0.15, 0.2) is 0 Å². The minimum atomic E-state index is 0.236. The van der Waals surface area contributed by atoms with E-state index in [0.717, 1.165) is 29.8 Å². The van der Waals surface area contributed by atoms with Gasteiger partial charge in [-0.25, -0.2) is 0 Å². The Hall–Kier alpha value is -1.22. The fourth-order valence-corrected chi connectivity index (χ4v) is 3.40. The first-order chi connectivity index (χ1) is 8.74. The molecule has 2 heterocycles. The number of carbonyl (C=O) groups is 1. The van der Waals surface area contributed by atoms with Crippen LogP contribution in [0, 0.1) is 0 Å². The van der Waals surface area contributed by atoms with E-state index in [1.54, 1.807) is 7.11 Å². The number of alkyl halides is 1. The molecule has 1 fully saturated rings. The van der Waals surface area contributed by atoms with Gasteiger partial charge in [-0.2, -0.15) is 0 Å². The predicted octanol–water partition coefficient (Wildman–Crippen LogP) is 2.92. The molecular formula is C14H16ClNO2. The number of hydrogen-bond donors (Lipinski definition) is 0. The number of amides is 1. The maximum atomic E-state index is 12.0. The normalized spacial score (nSPS) is 25.9. The Morgan fingerprint density at radius 1 is 1.50 bits per heavy atom. The van der Waals surface area contributed by atoms with Gasteiger partial charge in [0.2, 0.25) is 5.91 Å². The van der Waals surface area contributed by atoms with Crippen LogP contribution in [0.4, 0.5) is 5.69 Å². The number of fused-ring (bicyclic) bond motifs is 3. The molecule has 3 rings (SSSR count). The van der Waals surface area contributed by atoms with Crippen molar-refractivity contribution in [3.05, 3.63) is 23.8 Å². The van der Waals surface area contributed by atoms with Gasteiger partial charge in [0.1, 0.15) is 5.75 Å². The van der Waals surface area contributed by atoms with Crippen molar-refractivity contribution in [2.75, 3.05) is 17.9 Å². The smallest absolute Gasteiger partial charge is 0.227 e. The van der Waals surface area contributed by atoms with E-state index in [-0.39, 0.29) is 5.91 Å². The average Bonchev–Trinajstić information content (AvgIpc) is 2.78. The average molecular weight is 266 g/mol. The van der Waals surface area contributed by atoms with Crippen LogP contribution in [0.5, 0.6) is 5.75 Å². The highest BCUT2D eigenvalue weighted by atomic mass is 35.5. The van der Waals surface area contributed by atoms with E-state index in [9.17, 15) is 4.79 Å². The van der Waals surface area contributed by atoms with Crippen molar-refractivity contribution in [3.63, 3.8) is 0 Å². The second-order valence-electron chi connectivity index (χ2n) is 4.97. The SMILES string of the molecule is COc1ccc2c(c1)[C@@H](CCl)C[C@H]1CCC(=O)N21. The molecule has 0 spiro atoms. The summed E-state index contributed by atoms with van der Waals surface area (Å²) in [4.78, 5) is 13.9. The summed E-state index contributed by atoms with van der Waals surface area (Å²) < 4.78 is 5.26. The summed E-state index contributed by atoms with van der Waals surface area (Å²) in [5.74, 6) is 1.98. The van der Waals surface area contributed by atoms with Crippen LogP contribution in [-0.4, -0.2) is 24.9 Å². The molecule has 1 aromatic rings. The summed E-state index contributed by atoms with van der Waals surface area (Å²) in [7, 11) is 1.66. The van der Waals surface area contributed by atoms with Gasteiger partial charge in [-0.15, -0.1) is 11.6 Å². The Balaban J connectivity index is 2.09. The standard InChI is InChI=1S/C14H16ClNO2/c1-18-11-3-4-13-12(7-11)9(8-15)6-10-2-5-14(17)16(10)13/h3-4,7,9-10H,2,5-6,8H2,1H3/t9-,10-/m1/s1. The molecule has 1 aromatic carbocycles. The first-order valence-corrected chi connectivity index (χ1v) is 6.84. The third-order valence-corrected chi connectivity index (χ3v) is 4.37. The molecule has 0 saturated carbocycles. The number of rotatable bonds is 2. The highest BCUT2D eigenvalue weighted by Gasteiger charge is 2.39. The van der Waals surface area contributed by atoms with Crippen molar-refractivity contribution in [1.82, 2.24) is 0 Å². The molecule has 4 heteroatoms. The molecule has 0 bridgehead atoms. The van der Waals surface area contributed by atoms with Crippen LogP contribution in [0.15, 0.2) is 18.2 Å². The molecule has 18 heavy (non-hydrogen) atoms. The van der Waals surface area contributed by atoms with Gasteiger partial charge in [0, 0.05) is 29.9 Å². The van der Waals surface area contributed by atoms with Crippen LogP contribution in [0.1, 0.15) is 30.7 Å². The van der Waals surface area contributed by atoms with Crippen molar-refractivity contribution in [2.45, 2.75) is 31.2 Å². The van der Waals surface area contributed by atoms with Gasteiger partial charge in [-0.05, 0) is 36.6 Å². The summed E-state index contributed by atoms with van der Waals surface area (Å²) in [6, 6.07) is 6.26. The third kappa shape index (κ3) is 1.69. The minimum absolute atomic E-state index is 0.236. The second kappa shape index (κ2) is 4.47.